The molecule has 10 nitrogen and oxygen atoms in total. The average molecular weight is 465 g/mol. The number of likely N-dealkylation sites (N-methyl/N-ethyl adjacent to an activating group) is 1. The molecule has 0 unspecified atom stereocenters. The Morgan fingerprint density at radius 3 is 2.59 bits per heavy atom. The number of benzene rings is 1. The topological polar surface area (TPSA) is 117 Å². The van der Waals surface area contributed by atoms with Crippen LogP contribution in [-0.4, -0.2) is 68.0 Å². The summed E-state index contributed by atoms with van der Waals surface area (Å²) in [5.41, 5.74) is -0.649. The normalized spacial score (nSPS) is 12.4. The van der Waals surface area contributed by atoms with E-state index in [1.807, 2.05) is 0 Å². The standard InChI is InChI=1S/C21H29ClN6O4/c1-4-27(5-2)11-10-23-20-24-18-17(19(30)25-21(31)26(18)3)28(20)12-15(29)13-32-16-8-6-14(22)7-9-16/h6-9,15,29H,4-5,10-13H2,1-3H3,(H,23,24)(H,25,30,31)/t15-/m0/s1. The van der Waals surface area contributed by atoms with Crippen molar-refractivity contribution in [3.8, 4) is 5.75 Å². The number of hydrogen-bond donors (Lipinski definition) is 3. The number of aromatic nitrogens is 4. The SMILES string of the molecule is CCN(CC)CCNc1nc2c(c(=O)[nH]c(=O)n2C)n1C[C@H](O)COc1ccc(Cl)cc1. The van der Waals surface area contributed by atoms with Crippen LogP contribution in [0.3, 0.4) is 0 Å². The fraction of sp³-hybridized carbons (Fsp3) is 0.476. The summed E-state index contributed by atoms with van der Waals surface area (Å²) in [6.45, 7) is 7.45. The zero-order valence-electron chi connectivity index (χ0n) is 18.5. The van der Waals surface area contributed by atoms with E-state index < -0.39 is 17.4 Å². The Morgan fingerprint density at radius 1 is 1.25 bits per heavy atom. The van der Waals surface area contributed by atoms with Crippen LogP contribution in [0.5, 0.6) is 5.75 Å². The van der Waals surface area contributed by atoms with Gasteiger partial charge < -0.3 is 24.6 Å². The molecule has 3 aromatic rings. The molecule has 1 atom stereocenters. The summed E-state index contributed by atoms with van der Waals surface area (Å²) < 4.78 is 8.49. The molecular weight excluding hydrogens is 436 g/mol. The van der Waals surface area contributed by atoms with Crippen LogP contribution in [0.4, 0.5) is 5.95 Å². The van der Waals surface area contributed by atoms with Gasteiger partial charge in [-0.25, -0.2) is 4.79 Å². The highest BCUT2D eigenvalue weighted by atomic mass is 35.5. The molecule has 0 aliphatic rings. The third-order valence-electron chi connectivity index (χ3n) is 5.26. The number of anilines is 1. The van der Waals surface area contributed by atoms with Gasteiger partial charge in [0, 0.05) is 25.2 Å². The van der Waals surface area contributed by atoms with Gasteiger partial charge in [0.2, 0.25) is 5.95 Å². The molecule has 0 spiro atoms. The van der Waals surface area contributed by atoms with Crippen LogP contribution in [0, 0.1) is 0 Å². The molecular formula is C21H29ClN6O4. The van der Waals surface area contributed by atoms with Crippen LogP contribution in [0.25, 0.3) is 11.2 Å². The molecule has 3 rings (SSSR count). The van der Waals surface area contributed by atoms with E-state index in [9.17, 15) is 14.7 Å². The molecule has 0 saturated carbocycles. The van der Waals surface area contributed by atoms with Gasteiger partial charge in [-0.1, -0.05) is 25.4 Å². The molecule has 32 heavy (non-hydrogen) atoms. The lowest BCUT2D eigenvalue weighted by atomic mass is 10.3. The first-order chi connectivity index (χ1) is 15.3. The predicted molar refractivity (Wildman–Crippen MR) is 125 cm³/mol. The summed E-state index contributed by atoms with van der Waals surface area (Å²) in [6.07, 6.45) is -0.928. The Bertz CT molecular complexity index is 1150. The summed E-state index contributed by atoms with van der Waals surface area (Å²) in [6, 6.07) is 6.82. The van der Waals surface area contributed by atoms with Crippen LogP contribution < -0.4 is 21.3 Å². The molecule has 0 fully saturated rings. The number of aryl methyl sites for hydroxylation is 1. The zero-order chi connectivity index (χ0) is 23.3. The molecule has 11 heteroatoms. The van der Waals surface area contributed by atoms with Gasteiger partial charge in [0.05, 0.1) is 6.54 Å². The Balaban J connectivity index is 1.83. The second-order valence-electron chi connectivity index (χ2n) is 7.41. The largest absolute Gasteiger partial charge is 0.491 e. The second-order valence-corrected chi connectivity index (χ2v) is 7.85. The second kappa shape index (κ2) is 10.7. The van der Waals surface area contributed by atoms with Gasteiger partial charge in [0.25, 0.3) is 5.56 Å². The Labute approximate surface area is 190 Å². The van der Waals surface area contributed by atoms with Crippen molar-refractivity contribution in [1.82, 2.24) is 24.0 Å². The number of aromatic amines is 1. The van der Waals surface area contributed by atoms with E-state index in [1.54, 1.807) is 28.8 Å². The minimum atomic E-state index is -0.928. The predicted octanol–water partition coefficient (Wildman–Crippen LogP) is 1.27. The fourth-order valence-corrected chi connectivity index (χ4v) is 3.53. The molecule has 1 aromatic carbocycles. The number of hydrogen-bond acceptors (Lipinski definition) is 7. The molecule has 2 aromatic heterocycles. The van der Waals surface area contributed by atoms with E-state index >= 15 is 0 Å². The van der Waals surface area contributed by atoms with E-state index in [4.69, 9.17) is 16.3 Å². The fourth-order valence-electron chi connectivity index (χ4n) is 3.40. The highest BCUT2D eigenvalue weighted by molar-refractivity contribution is 6.30. The van der Waals surface area contributed by atoms with Gasteiger partial charge in [0.15, 0.2) is 11.2 Å². The molecule has 0 radical (unpaired) electrons. The Hall–Kier alpha value is -2.82. The summed E-state index contributed by atoms with van der Waals surface area (Å²) >= 11 is 5.88. The molecule has 174 valence electrons. The number of fused-ring (bicyclic) bond motifs is 1. The molecule has 2 heterocycles. The van der Waals surface area contributed by atoms with Crippen molar-refractivity contribution in [2.75, 3.05) is 38.1 Å². The summed E-state index contributed by atoms with van der Waals surface area (Å²) in [5.74, 6) is 0.978. The maximum absolute atomic E-state index is 12.6. The van der Waals surface area contributed by atoms with Gasteiger partial charge in [0.1, 0.15) is 18.5 Å². The number of nitrogens with zero attached hydrogens (tertiary/aromatic N) is 4. The van der Waals surface area contributed by atoms with Gasteiger partial charge in [-0.3, -0.25) is 14.3 Å². The van der Waals surface area contributed by atoms with Gasteiger partial charge >= 0.3 is 5.69 Å². The Morgan fingerprint density at radius 2 is 1.94 bits per heavy atom. The van der Waals surface area contributed by atoms with Gasteiger partial charge in [-0.15, -0.1) is 0 Å². The van der Waals surface area contributed by atoms with Crippen molar-refractivity contribution in [3.05, 3.63) is 50.1 Å². The number of imidazole rings is 1. The first-order valence-corrected chi connectivity index (χ1v) is 10.9. The lowest BCUT2D eigenvalue weighted by molar-refractivity contribution is 0.0938. The van der Waals surface area contributed by atoms with E-state index in [0.717, 1.165) is 19.6 Å². The zero-order valence-corrected chi connectivity index (χ0v) is 19.2. The third-order valence-corrected chi connectivity index (χ3v) is 5.51. The van der Waals surface area contributed by atoms with Crippen molar-refractivity contribution in [2.45, 2.75) is 26.5 Å². The number of H-pyrrole nitrogens is 1. The number of nitrogens with one attached hydrogen (secondary N) is 2. The third kappa shape index (κ3) is 5.50. The van der Waals surface area contributed by atoms with Gasteiger partial charge in [-0.2, -0.15) is 4.98 Å². The van der Waals surface area contributed by atoms with E-state index in [-0.39, 0.29) is 24.3 Å². The molecule has 0 saturated heterocycles. The van der Waals surface area contributed by atoms with Crippen LogP contribution in [0.2, 0.25) is 5.02 Å². The van der Waals surface area contributed by atoms with Crippen molar-refractivity contribution in [1.29, 1.82) is 0 Å². The van der Waals surface area contributed by atoms with Crippen molar-refractivity contribution >= 4 is 28.7 Å². The smallest absolute Gasteiger partial charge is 0.329 e. The maximum atomic E-state index is 12.6. The van der Waals surface area contributed by atoms with Gasteiger partial charge in [-0.05, 0) is 37.4 Å². The lowest BCUT2D eigenvalue weighted by Crippen LogP contribution is -2.31. The number of aliphatic hydroxyl groups is 1. The highest BCUT2D eigenvalue weighted by Gasteiger charge is 2.20. The number of halogens is 1. The van der Waals surface area contributed by atoms with E-state index in [2.05, 4.69) is 34.0 Å². The summed E-state index contributed by atoms with van der Waals surface area (Å²) in [5, 5.41) is 14.4. The van der Waals surface area contributed by atoms with Crippen molar-refractivity contribution in [2.24, 2.45) is 7.05 Å². The van der Waals surface area contributed by atoms with Crippen LogP contribution in [0.1, 0.15) is 13.8 Å². The lowest BCUT2D eigenvalue weighted by Gasteiger charge is -2.19. The molecule has 3 N–H and O–H groups in total. The molecule has 0 amide bonds. The molecule has 0 aliphatic carbocycles. The molecule has 0 bridgehead atoms. The number of aliphatic hydroxyl groups excluding tert-OH is 1. The first kappa shape index (κ1) is 23.8. The number of rotatable bonds is 11. The number of ether oxygens (including phenoxy) is 1. The Kier molecular flexibility index (Phi) is 7.94. The van der Waals surface area contributed by atoms with E-state index in [1.165, 1.54) is 11.6 Å². The average Bonchev–Trinajstić information content (AvgIpc) is 3.13. The molecule has 0 aliphatic heterocycles. The first-order valence-electron chi connectivity index (χ1n) is 10.6. The van der Waals surface area contributed by atoms with E-state index in [0.29, 0.717) is 23.3 Å². The highest BCUT2D eigenvalue weighted by Crippen LogP contribution is 2.18. The maximum Gasteiger partial charge on any atom is 0.329 e. The monoisotopic (exact) mass is 464 g/mol. The van der Waals surface area contributed by atoms with Crippen LogP contribution in [-0.2, 0) is 13.6 Å². The van der Waals surface area contributed by atoms with Crippen LogP contribution in [0.15, 0.2) is 33.9 Å². The van der Waals surface area contributed by atoms with Crippen molar-refractivity contribution in [3.63, 3.8) is 0 Å². The minimum Gasteiger partial charge on any atom is -0.491 e. The quantitative estimate of drug-likeness (QED) is 0.391. The van der Waals surface area contributed by atoms with Crippen LogP contribution >= 0.6 is 11.6 Å². The summed E-state index contributed by atoms with van der Waals surface area (Å²) in [4.78, 5) is 33.6. The van der Waals surface area contributed by atoms with Crippen molar-refractivity contribution < 1.29 is 9.84 Å². The summed E-state index contributed by atoms with van der Waals surface area (Å²) in [7, 11) is 1.54. The minimum absolute atomic E-state index is 0.00383.